The fourth-order valence-electron chi connectivity index (χ4n) is 2.88. The standard InChI is InChI=1S/C23H36O4/c1-4-7-8-9-10-11-12-16-26-22(24)20-14-13-15-21(17-20)23(25)27-18-19(5-2)6-3/h13-15,17,19H,4-12,16,18H2,1-3H3. The van der Waals surface area contributed by atoms with Crippen molar-refractivity contribution in [3.8, 4) is 0 Å². The number of rotatable bonds is 14. The van der Waals surface area contributed by atoms with E-state index < -0.39 is 0 Å². The van der Waals surface area contributed by atoms with E-state index in [2.05, 4.69) is 20.8 Å². The Hall–Kier alpha value is -1.84. The molecule has 4 heteroatoms. The highest BCUT2D eigenvalue weighted by Crippen LogP contribution is 2.13. The fourth-order valence-corrected chi connectivity index (χ4v) is 2.88. The number of esters is 2. The van der Waals surface area contributed by atoms with Crippen LogP contribution in [0.2, 0.25) is 0 Å². The van der Waals surface area contributed by atoms with E-state index in [4.69, 9.17) is 9.47 Å². The normalized spacial score (nSPS) is 10.8. The Balaban J connectivity index is 2.37. The molecule has 152 valence electrons. The number of hydrogen-bond acceptors (Lipinski definition) is 4. The van der Waals surface area contributed by atoms with E-state index in [1.807, 2.05) is 0 Å². The summed E-state index contributed by atoms with van der Waals surface area (Å²) < 4.78 is 10.7. The molecule has 0 heterocycles. The van der Waals surface area contributed by atoms with Gasteiger partial charge in [-0.25, -0.2) is 9.59 Å². The van der Waals surface area contributed by atoms with Crippen LogP contribution >= 0.6 is 0 Å². The van der Waals surface area contributed by atoms with E-state index in [0.717, 1.165) is 25.7 Å². The minimum absolute atomic E-state index is 0.379. The molecule has 1 aromatic rings. The van der Waals surface area contributed by atoms with Gasteiger partial charge in [0.1, 0.15) is 0 Å². The molecule has 0 aliphatic heterocycles. The van der Waals surface area contributed by atoms with Gasteiger partial charge < -0.3 is 9.47 Å². The second-order valence-electron chi connectivity index (χ2n) is 7.12. The summed E-state index contributed by atoms with van der Waals surface area (Å²) in [5, 5.41) is 0. The summed E-state index contributed by atoms with van der Waals surface area (Å²) in [6.07, 6.45) is 10.2. The lowest BCUT2D eigenvalue weighted by molar-refractivity contribution is 0.0433. The Bertz CT molecular complexity index is 549. The first kappa shape index (κ1) is 23.2. The van der Waals surface area contributed by atoms with Crippen molar-refractivity contribution in [2.45, 2.75) is 78.6 Å². The van der Waals surface area contributed by atoms with Crippen LogP contribution in [-0.2, 0) is 9.47 Å². The van der Waals surface area contributed by atoms with Crippen LogP contribution in [0.3, 0.4) is 0 Å². The van der Waals surface area contributed by atoms with E-state index >= 15 is 0 Å². The zero-order chi connectivity index (χ0) is 19.9. The van der Waals surface area contributed by atoms with Gasteiger partial charge in [-0.15, -0.1) is 0 Å². The molecule has 0 atom stereocenters. The van der Waals surface area contributed by atoms with Gasteiger partial charge in [0.25, 0.3) is 0 Å². The van der Waals surface area contributed by atoms with Crippen molar-refractivity contribution in [1.29, 1.82) is 0 Å². The monoisotopic (exact) mass is 376 g/mol. The molecule has 0 saturated carbocycles. The zero-order valence-corrected chi connectivity index (χ0v) is 17.3. The third-order valence-corrected chi connectivity index (χ3v) is 4.92. The average Bonchev–Trinajstić information content (AvgIpc) is 2.70. The molecular weight excluding hydrogens is 340 g/mol. The van der Waals surface area contributed by atoms with Crippen LogP contribution in [0.5, 0.6) is 0 Å². The Morgan fingerprint density at radius 2 is 1.37 bits per heavy atom. The highest BCUT2D eigenvalue weighted by atomic mass is 16.5. The molecule has 0 N–H and O–H groups in total. The van der Waals surface area contributed by atoms with Gasteiger partial charge in [0, 0.05) is 0 Å². The Morgan fingerprint density at radius 1 is 0.815 bits per heavy atom. The lowest BCUT2D eigenvalue weighted by atomic mass is 10.1. The quantitative estimate of drug-likeness (QED) is 0.287. The van der Waals surface area contributed by atoms with Crippen LogP contribution in [-0.4, -0.2) is 25.2 Å². The van der Waals surface area contributed by atoms with Gasteiger partial charge in [-0.3, -0.25) is 0 Å². The van der Waals surface area contributed by atoms with E-state index in [0.29, 0.717) is 30.3 Å². The number of benzene rings is 1. The van der Waals surface area contributed by atoms with E-state index in [-0.39, 0.29) is 11.9 Å². The van der Waals surface area contributed by atoms with Crippen molar-refractivity contribution in [3.05, 3.63) is 35.4 Å². The van der Waals surface area contributed by atoms with Crippen molar-refractivity contribution in [1.82, 2.24) is 0 Å². The maximum atomic E-state index is 12.2. The van der Waals surface area contributed by atoms with Crippen molar-refractivity contribution in [2.75, 3.05) is 13.2 Å². The Labute approximate surface area is 164 Å². The predicted octanol–water partition coefficient (Wildman–Crippen LogP) is 6.19. The molecule has 0 fully saturated rings. The molecule has 0 bridgehead atoms. The highest BCUT2D eigenvalue weighted by molar-refractivity contribution is 5.95. The third-order valence-electron chi connectivity index (χ3n) is 4.92. The SMILES string of the molecule is CCCCCCCCCOC(=O)c1cccc(C(=O)OCC(CC)CC)c1. The molecular formula is C23H36O4. The van der Waals surface area contributed by atoms with E-state index in [1.165, 1.54) is 32.1 Å². The molecule has 0 aliphatic rings. The van der Waals surface area contributed by atoms with Gasteiger partial charge in [0.2, 0.25) is 0 Å². The van der Waals surface area contributed by atoms with Crippen molar-refractivity contribution >= 4 is 11.9 Å². The zero-order valence-electron chi connectivity index (χ0n) is 17.3. The summed E-state index contributed by atoms with van der Waals surface area (Å²) in [6, 6.07) is 6.59. The summed E-state index contributed by atoms with van der Waals surface area (Å²) >= 11 is 0. The summed E-state index contributed by atoms with van der Waals surface area (Å²) in [4.78, 5) is 24.4. The number of carbonyl (C=O) groups is 2. The van der Waals surface area contributed by atoms with Gasteiger partial charge in [0.15, 0.2) is 0 Å². The molecule has 0 saturated heterocycles. The van der Waals surface area contributed by atoms with Gasteiger partial charge >= 0.3 is 11.9 Å². The maximum absolute atomic E-state index is 12.2. The summed E-state index contributed by atoms with van der Waals surface area (Å²) in [5.74, 6) is -0.386. The topological polar surface area (TPSA) is 52.6 Å². The molecule has 0 amide bonds. The van der Waals surface area contributed by atoms with Crippen LogP contribution in [0.25, 0.3) is 0 Å². The van der Waals surface area contributed by atoms with E-state index in [9.17, 15) is 9.59 Å². The highest BCUT2D eigenvalue weighted by Gasteiger charge is 2.14. The molecule has 0 aliphatic carbocycles. The van der Waals surface area contributed by atoms with Crippen LogP contribution < -0.4 is 0 Å². The first-order valence-electron chi connectivity index (χ1n) is 10.6. The molecule has 27 heavy (non-hydrogen) atoms. The second-order valence-corrected chi connectivity index (χ2v) is 7.12. The molecule has 0 aromatic heterocycles. The number of hydrogen-bond donors (Lipinski definition) is 0. The summed E-state index contributed by atoms with van der Waals surface area (Å²) in [5.41, 5.74) is 0.793. The Morgan fingerprint density at radius 3 is 1.96 bits per heavy atom. The van der Waals surface area contributed by atoms with Gasteiger partial charge in [-0.2, -0.15) is 0 Å². The molecule has 0 unspecified atom stereocenters. The first-order valence-corrected chi connectivity index (χ1v) is 10.6. The van der Waals surface area contributed by atoms with Gasteiger partial charge in [-0.1, -0.05) is 78.2 Å². The lowest BCUT2D eigenvalue weighted by Crippen LogP contribution is -2.14. The maximum Gasteiger partial charge on any atom is 0.338 e. The minimum atomic E-state index is -0.386. The van der Waals surface area contributed by atoms with E-state index in [1.54, 1.807) is 24.3 Å². The second kappa shape index (κ2) is 14.2. The predicted molar refractivity (Wildman–Crippen MR) is 109 cm³/mol. The number of ether oxygens (including phenoxy) is 2. The van der Waals surface area contributed by atoms with Crippen molar-refractivity contribution in [3.63, 3.8) is 0 Å². The summed E-state index contributed by atoms with van der Waals surface area (Å²) in [7, 11) is 0. The third kappa shape index (κ3) is 9.60. The van der Waals surface area contributed by atoms with Crippen molar-refractivity contribution < 1.29 is 19.1 Å². The average molecular weight is 377 g/mol. The molecule has 1 aromatic carbocycles. The van der Waals surface area contributed by atoms with Gasteiger partial charge in [0.05, 0.1) is 24.3 Å². The number of carbonyl (C=O) groups excluding carboxylic acids is 2. The smallest absolute Gasteiger partial charge is 0.338 e. The summed E-state index contributed by atoms with van der Waals surface area (Å²) in [6.45, 7) is 7.23. The first-order chi connectivity index (χ1) is 13.1. The van der Waals surface area contributed by atoms with Crippen LogP contribution in [0, 0.1) is 5.92 Å². The van der Waals surface area contributed by atoms with Crippen LogP contribution in [0.1, 0.15) is 99.3 Å². The lowest BCUT2D eigenvalue weighted by Gasteiger charge is -2.13. The fraction of sp³-hybridized carbons (Fsp3) is 0.652. The molecule has 4 nitrogen and oxygen atoms in total. The molecule has 0 spiro atoms. The molecule has 1 rings (SSSR count). The Kier molecular flexibility index (Phi) is 12.2. The largest absolute Gasteiger partial charge is 0.462 e. The minimum Gasteiger partial charge on any atom is -0.462 e. The van der Waals surface area contributed by atoms with Crippen molar-refractivity contribution in [2.24, 2.45) is 5.92 Å². The van der Waals surface area contributed by atoms with Crippen LogP contribution in [0.4, 0.5) is 0 Å². The van der Waals surface area contributed by atoms with Crippen LogP contribution in [0.15, 0.2) is 24.3 Å². The van der Waals surface area contributed by atoms with Gasteiger partial charge in [-0.05, 0) is 30.5 Å². The number of unbranched alkanes of at least 4 members (excludes halogenated alkanes) is 6. The molecule has 0 radical (unpaired) electrons.